The molecule has 3 aromatic heterocycles. The predicted molar refractivity (Wildman–Crippen MR) is 146 cm³/mol. The number of pyridine rings is 1. The van der Waals surface area contributed by atoms with E-state index >= 15 is 0 Å². The van der Waals surface area contributed by atoms with E-state index in [4.69, 9.17) is 0 Å². The number of fused-ring (bicyclic) bond motifs is 2. The molecule has 5 aromatic rings. The predicted octanol–water partition coefficient (Wildman–Crippen LogP) is 5.15. The number of amides is 1. The van der Waals surface area contributed by atoms with Gasteiger partial charge in [0.05, 0.1) is 11.4 Å². The molecule has 2 aromatic carbocycles. The van der Waals surface area contributed by atoms with Gasteiger partial charge in [0.1, 0.15) is 0 Å². The van der Waals surface area contributed by atoms with Crippen LogP contribution in [0.15, 0.2) is 73.2 Å². The minimum absolute atomic E-state index is 0.0396. The van der Waals surface area contributed by atoms with Crippen LogP contribution in [0.3, 0.4) is 0 Å². The minimum atomic E-state index is -0.0396. The van der Waals surface area contributed by atoms with Gasteiger partial charge in [-0.15, -0.1) is 0 Å². The Labute approximate surface area is 215 Å². The molecule has 6 rings (SSSR count). The van der Waals surface area contributed by atoms with Crippen molar-refractivity contribution in [3.63, 3.8) is 0 Å². The number of aromatic amines is 1. The third-order valence-corrected chi connectivity index (χ3v) is 7.35. The van der Waals surface area contributed by atoms with Crippen LogP contribution in [-0.2, 0) is 0 Å². The molecule has 0 saturated carbocycles. The number of aromatic hydroxyl groups is 1. The molecular formula is C29H30N6O2. The number of imidazole rings is 1. The Hall–Kier alpha value is -4.30. The molecule has 0 aliphatic carbocycles. The van der Waals surface area contributed by atoms with E-state index in [0.29, 0.717) is 18.2 Å². The van der Waals surface area contributed by atoms with Crippen LogP contribution < -0.4 is 10.6 Å². The van der Waals surface area contributed by atoms with Crippen LogP contribution in [0.25, 0.3) is 27.7 Å². The van der Waals surface area contributed by atoms with Crippen LogP contribution in [0.4, 0.5) is 11.4 Å². The largest absolute Gasteiger partial charge is 0.494 e. The van der Waals surface area contributed by atoms with Crippen LogP contribution in [0, 0.1) is 0 Å². The SMILES string of the molecule is CCN1CCC[C@H]1CNC(=O)c1ccc(Nc2ccc(-c3ccc4c(O)[nH]cc4c3)n3ccnc23)cc1. The maximum atomic E-state index is 12.7. The lowest BCUT2D eigenvalue weighted by atomic mass is 10.1. The first-order chi connectivity index (χ1) is 18.1. The van der Waals surface area contributed by atoms with Gasteiger partial charge in [-0.05, 0) is 80.0 Å². The molecule has 1 atom stereocenters. The highest BCUT2D eigenvalue weighted by atomic mass is 16.3. The normalized spacial score (nSPS) is 16.0. The molecule has 4 heterocycles. The van der Waals surface area contributed by atoms with E-state index in [-0.39, 0.29) is 11.8 Å². The van der Waals surface area contributed by atoms with E-state index in [2.05, 4.69) is 38.5 Å². The number of likely N-dealkylation sites (N-methyl/N-ethyl adjacent to an activating group) is 1. The number of carbonyl (C=O) groups is 1. The minimum Gasteiger partial charge on any atom is -0.494 e. The number of carbonyl (C=O) groups excluding carboxylic acids is 1. The molecule has 8 nitrogen and oxygen atoms in total. The van der Waals surface area contributed by atoms with Gasteiger partial charge in [0.25, 0.3) is 5.91 Å². The van der Waals surface area contributed by atoms with E-state index in [1.807, 2.05) is 59.1 Å². The van der Waals surface area contributed by atoms with E-state index < -0.39 is 0 Å². The number of nitrogens with one attached hydrogen (secondary N) is 3. The molecule has 1 saturated heterocycles. The highest BCUT2D eigenvalue weighted by molar-refractivity contribution is 5.95. The lowest BCUT2D eigenvalue weighted by molar-refractivity contribution is 0.0941. The lowest BCUT2D eigenvalue weighted by Gasteiger charge is -2.22. The zero-order valence-corrected chi connectivity index (χ0v) is 20.7. The number of likely N-dealkylation sites (tertiary alicyclic amines) is 1. The van der Waals surface area contributed by atoms with Gasteiger partial charge < -0.3 is 20.7 Å². The van der Waals surface area contributed by atoms with Crippen LogP contribution in [-0.4, -0.2) is 56.0 Å². The van der Waals surface area contributed by atoms with Crippen molar-refractivity contribution in [2.24, 2.45) is 0 Å². The molecule has 0 spiro atoms. The zero-order chi connectivity index (χ0) is 25.4. The van der Waals surface area contributed by atoms with E-state index in [1.165, 1.54) is 6.42 Å². The molecule has 1 amide bonds. The Morgan fingerprint density at radius 2 is 2.03 bits per heavy atom. The highest BCUT2D eigenvalue weighted by Gasteiger charge is 2.23. The molecule has 0 bridgehead atoms. The smallest absolute Gasteiger partial charge is 0.251 e. The number of hydrogen-bond donors (Lipinski definition) is 4. The van der Waals surface area contributed by atoms with E-state index in [1.54, 1.807) is 12.4 Å². The van der Waals surface area contributed by atoms with Crippen LogP contribution >= 0.6 is 0 Å². The molecule has 1 aliphatic heterocycles. The quantitative estimate of drug-likeness (QED) is 0.251. The summed E-state index contributed by atoms with van der Waals surface area (Å²) in [4.78, 5) is 22.5. The van der Waals surface area contributed by atoms with Crippen LogP contribution in [0.2, 0.25) is 0 Å². The molecule has 1 fully saturated rings. The van der Waals surface area contributed by atoms with E-state index in [0.717, 1.165) is 58.6 Å². The van der Waals surface area contributed by atoms with Gasteiger partial charge >= 0.3 is 0 Å². The van der Waals surface area contributed by atoms with Crippen molar-refractivity contribution < 1.29 is 9.90 Å². The number of nitrogens with zero attached hydrogens (tertiary/aromatic N) is 3. The van der Waals surface area contributed by atoms with Gasteiger partial charge in [0.15, 0.2) is 11.5 Å². The summed E-state index contributed by atoms with van der Waals surface area (Å²) in [5.41, 5.74) is 5.22. The van der Waals surface area contributed by atoms with Crippen molar-refractivity contribution >= 4 is 33.7 Å². The Kier molecular flexibility index (Phi) is 6.02. The summed E-state index contributed by atoms with van der Waals surface area (Å²) in [6.07, 6.45) is 7.86. The number of aromatic nitrogens is 3. The number of rotatable bonds is 7. The summed E-state index contributed by atoms with van der Waals surface area (Å²) in [5, 5.41) is 18.2. The Bertz CT molecular complexity index is 1570. The van der Waals surface area contributed by atoms with Gasteiger partial charge in [-0.3, -0.25) is 14.1 Å². The Balaban J connectivity index is 1.18. The van der Waals surface area contributed by atoms with Gasteiger partial charge in [0, 0.05) is 53.2 Å². The number of anilines is 2. The van der Waals surface area contributed by atoms with Crippen molar-refractivity contribution in [3.8, 4) is 17.1 Å². The maximum absolute atomic E-state index is 12.7. The molecule has 0 radical (unpaired) electrons. The van der Waals surface area contributed by atoms with Crippen molar-refractivity contribution in [1.29, 1.82) is 0 Å². The van der Waals surface area contributed by atoms with E-state index in [9.17, 15) is 9.90 Å². The monoisotopic (exact) mass is 494 g/mol. The van der Waals surface area contributed by atoms with Crippen molar-refractivity contribution in [2.75, 3.05) is 25.0 Å². The Morgan fingerprint density at radius 3 is 2.86 bits per heavy atom. The first-order valence-corrected chi connectivity index (χ1v) is 12.8. The summed E-state index contributed by atoms with van der Waals surface area (Å²) in [5.74, 6) is 0.136. The number of hydrogen-bond acceptors (Lipinski definition) is 5. The molecule has 4 N–H and O–H groups in total. The second kappa shape index (κ2) is 9.63. The lowest BCUT2D eigenvalue weighted by Crippen LogP contribution is -2.40. The third-order valence-electron chi connectivity index (χ3n) is 7.35. The number of benzene rings is 2. The van der Waals surface area contributed by atoms with Crippen LogP contribution in [0.1, 0.15) is 30.1 Å². The molecule has 1 aliphatic rings. The van der Waals surface area contributed by atoms with Gasteiger partial charge in [-0.2, -0.15) is 0 Å². The highest BCUT2D eigenvalue weighted by Crippen LogP contribution is 2.31. The van der Waals surface area contributed by atoms with Crippen molar-refractivity contribution in [2.45, 2.75) is 25.8 Å². The molecule has 0 unspecified atom stereocenters. The molecular weight excluding hydrogens is 464 g/mol. The molecule has 188 valence electrons. The Morgan fingerprint density at radius 1 is 1.16 bits per heavy atom. The standard InChI is InChI=1S/C29H30N6O2/c1-2-34-14-3-4-23(34)18-32-28(36)19-5-8-22(9-6-19)33-25-11-12-26(35-15-13-30-27(25)35)20-7-10-24-21(16-20)17-31-29(24)37/h5-13,15-17,23,31,33,37H,2-4,14,18H2,1H3,(H,32,36)/t23-/m0/s1. The average Bonchev–Trinajstić information content (AvgIpc) is 3.68. The van der Waals surface area contributed by atoms with Crippen LogP contribution in [0.5, 0.6) is 5.88 Å². The topological polar surface area (TPSA) is 97.7 Å². The average molecular weight is 495 g/mol. The summed E-state index contributed by atoms with van der Waals surface area (Å²) in [6, 6.07) is 18.0. The fraction of sp³-hybridized carbons (Fsp3) is 0.241. The fourth-order valence-corrected chi connectivity index (χ4v) is 5.34. The first-order valence-electron chi connectivity index (χ1n) is 12.8. The summed E-state index contributed by atoms with van der Waals surface area (Å²) >= 11 is 0. The number of H-pyrrole nitrogens is 1. The molecule has 37 heavy (non-hydrogen) atoms. The van der Waals surface area contributed by atoms with Gasteiger partial charge in [-0.25, -0.2) is 4.98 Å². The molecule has 8 heteroatoms. The van der Waals surface area contributed by atoms with Gasteiger partial charge in [-0.1, -0.05) is 13.0 Å². The van der Waals surface area contributed by atoms with Gasteiger partial charge in [0.2, 0.25) is 0 Å². The maximum Gasteiger partial charge on any atom is 0.251 e. The summed E-state index contributed by atoms with van der Waals surface area (Å²) < 4.78 is 2.04. The second-order valence-electron chi connectivity index (χ2n) is 9.53. The first kappa shape index (κ1) is 23.1. The summed E-state index contributed by atoms with van der Waals surface area (Å²) in [6.45, 7) is 5.01. The zero-order valence-electron chi connectivity index (χ0n) is 20.7. The fourth-order valence-electron chi connectivity index (χ4n) is 5.34. The van der Waals surface area contributed by atoms with Crippen molar-refractivity contribution in [1.82, 2.24) is 24.6 Å². The summed E-state index contributed by atoms with van der Waals surface area (Å²) in [7, 11) is 0. The van der Waals surface area contributed by atoms with Crippen molar-refractivity contribution in [3.05, 3.63) is 78.8 Å². The second-order valence-corrected chi connectivity index (χ2v) is 9.53. The third kappa shape index (κ3) is 4.40.